The van der Waals surface area contributed by atoms with Crippen LogP contribution in [0.4, 0.5) is 0 Å². The van der Waals surface area contributed by atoms with Crippen LogP contribution in [0.2, 0.25) is 0 Å². The van der Waals surface area contributed by atoms with E-state index in [1.165, 1.54) is 0 Å². The fraction of sp³-hybridized carbons (Fsp3) is 0.136. The highest BCUT2D eigenvalue weighted by Gasteiger charge is 2.49. The molecule has 0 unspecified atom stereocenters. The first-order chi connectivity index (χ1) is 12.1. The molecule has 0 aromatic heterocycles. The Balaban J connectivity index is 1.91. The van der Waals surface area contributed by atoms with Crippen LogP contribution in [-0.4, -0.2) is 5.97 Å². The number of cyclic esters (lactones) is 1. The summed E-state index contributed by atoms with van der Waals surface area (Å²) in [5.74, 6) is -0.947. The molecule has 0 aliphatic carbocycles. The lowest BCUT2D eigenvalue weighted by atomic mass is 9.95. The summed E-state index contributed by atoms with van der Waals surface area (Å²) in [6.07, 6.45) is 0. The molecule has 0 saturated carbocycles. The molecule has 3 nitrogen and oxygen atoms in total. The minimum Gasteiger partial charge on any atom is -0.444 e. The van der Waals surface area contributed by atoms with Crippen LogP contribution in [0.25, 0.3) is 0 Å². The van der Waals surface area contributed by atoms with Crippen molar-refractivity contribution in [2.45, 2.75) is 19.6 Å². The van der Waals surface area contributed by atoms with E-state index < -0.39 is 5.79 Å². The lowest BCUT2D eigenvalue weighted by Crippen LogP contribution is -2.35. The van der Waals surface area contributed by atoms with Crippen molar-refractivity contribution in [3.8, 4) is 5.75 Å². The van der Waals surface area contributed by atoms with Crippen LogP contribution in [0, 0.1) is 13.8 Å². The SMILES string of the molecule is Cc1ccc(O[C@@]2(c3ccccc3)OC(=O)c3ccccc32)c(C)c1. The molecular weight excluding hydrogens is 312 g/mol. The number of carbonyl (C=O) groups is 1. The second-order valence-corrected chi connectivity index (χ2v) is 6.29. The molecule has 124 valence electrons. The number of carbonyl (C=O) groups excluding carboxylic acids is 1. The number of ether oxygens (including phenoxy) is 2. The molecule has 0 spiro atoms. The van der Waals surface area contributed by atoms with E-state index in [2.05, 4.69) is 6.07 Å². The lowest BCUT2D eigenvalue weighted by molar-refractivity contribution is -0.109. The Labute approximate surface area is 146 Å². The number of aryl methyl sites for hydroxylation is 2. The van der Waals surface area contributed by atoms with Crippen molar-refractivity contribution in [2.75, 3.05) is 0 Å². The number of benzene rings is 3. The van der Waals surface area contributed by atoms with Crippen LogP contribution in [0.5, 0.6) is 5.75 Å². The van der Waals surface area contributed by atoms with Crippen molar-refractivity contribution in [1.82, 2.24) is 0 Å². The number of esters is 1. The zero-order chi connectivity index (χ0) is 17.4. The average molecular weight is 330 g/mol. The van der Waals surface area contributed by atoms with E-state index in [1.807, 2.05) is 74.5 Å². The molecule has 0 fully saturated rings. The minimum absolute atomic E-state index is 0.371. The van der Waals surface area contributed by atoms with Crippen LogP contribution >= 0.6 is 0 Å². The van der Waals surface area contributed by atoms with Gasteiger partial charge in [0.05, 0.1) is 11.1 Å². The number of fused-ring (bicyclic) bond motifs is 1. The predicted molar refractivity (Wildman–Crippen MR) is 95.6 cm³/mol. The predicted octanol–water partition coefficient (Wildman–Crippen LogP) is 4.75. The number of rotatable bonds is 3. The highest BCUT2D eigenvalue weighted by Crippen LogP contribution is 2.43. The van der Waals surface area contributed by atoms with Crippen molar-refractivity contribution >= 4 is 5.97 Å². The van der Waals surface area contributed by atoms with Gasteiger partial charge >= 0.3 is 11.8 Å². The summed E-state index contributed by atoms with van der Waals surface area (Å²) in [7, 11) is 0. The zero-order valence-corrected chi connectivity index (χ0v) is 14.2. The average Bonchev–Trinajstić information content (AvgIpc) is 2.92. The van der Waals surface area contributed by atoms with Crippen LogP contribution in [0.15, 0.2) is 72.8 Å². The largest absolute Gasteiger partial charge is 0.444 e. The highest BCUT2D eigenvalue weighted by atomic mass is 16.7. The summed E-state index contributed by atoms with van der Waals surface area (Å²) in [6, 6.07) is 22.9. The molecule has 0 bridgehead atoms. The molecule has 3 aromatic rings. The molecule has 1 heterocycles. The summed E-state index contributed by atoms with van der Waals surface area (Å²) in [4.78, 5) is 12.5. The number of hydrogen-bond acceptors (Lipinski definition) is 3. The monoisotopic (exact) mass is 330 g/mol. The third kappa shape index (κ3) is 2.49. The van der Waals surface area contributed by atoms with Gasteiger partial charge in [-0.2, -0.15) is 0 Å². The maximum Gasteiger partial charge on any atom is 0.342 e. The van der Waals surface area contributed by atoms with Gasteiger partial charge in [0, 0.05) is 5.56 Å². The van der Waals surface area contributed by atoms with Gasteiger partial charge in [-0.1, -0.05) is 60.2 Å². The molecule has 0 N–H and O–H groups in total. The van der Waals surface area contributed by atoms with Crippen LogP contribution < -0.4 is 4.74 Å². The van der Waals surface area contributed by atoms with Crippen molar-refractivity contribution in [2.24, 2.45) is 0 Å². The Kier molecular flexibility index (Phi) is 3.57. The molecule has 4 rings (SSSR count). The normalized spacial score (nSPS) is 18.6. The minimum atomic E-state index is -1.27. The second kappa shape index (κ2) is 5.78. The fourth-order valence-corrected chi connectivity index (χ4v) is 3.26. The third-order valence-corrected chi connectivity index (χ3v) is 4.48. The van der Waals surface area contributed by atoms with E-state index in [1.54, 1.807) is 6.07 Å². The number of hydrogen-bond donors (Lipinski definition) is 0. The van der Waals surface area contributed by atoms with Crippen molar-refractivity contribution in [3.05, 3.63) is 101 Å². The molecule has 1 aliphatic rings. The van der Waals surface area contributed by atoms with Gasteiger partial charge in [-0.25, -0.2) is 4.79 Å². The van der Waals surface area contributed by atoms with Crippen LogP contribution in [0.3, 0.4) is 0 Å². The molecule has 0 amide bonds. The van der Waals surface area contributed by atoms with Crippen LogP contribution in [0.1, 0.15) is 32.6 Å². The van der Waals surface area contributed by atoms with Gasteiger partial charge in [-0.3, -0.25) is 0 Å². The molecule has 1 atom stereocenters. The quantitative estimate of drug-likeness (QED) is 0.650. The third-order valence-electron chi connectivity index (χ3n) is 4.48. The Morgan fingerprint density at radius 1 is 0.880 bits per heavy atom. The maximum absolute atomic E-state index is 12.5. The van der Waals surface area contributed by atoms with Gasteiger partial charge in [-0.15, -0.1) is 0 Å². The summed E-state index contributed by atoms with van der Waals surface area (Å²) in [5, 5.41) is 0. The Morgan fingerprint density at radius 3 is 2.36 bits per heavy atom. The lowest BCUT2D eigenvalue weighted by Gasteiger charge is -2.30. The molecule has 0 saturated heterocycles. The van der Waals surface area contributed by atoms with E-state index in [0.717, 1.165) is 22.3 Å². The first kappa shape index (κ1) is 15.5. The molecule has 3 heteroatoms. The standard InChI is InChI=1S/C22H18O3/c1-15-12-13-20(16(2)14-15)24-22(17-8-4-3-5-9-17)19-11-7-6-10-18(19)21(23)25-22/h3-14H,1-2H3/t22-/m0/s1. The topological polar surface area (TPSA) is 35.5 Å². The van der Waals surface area contributed by atoms with E-state index >= 15 is 0 Å². The molecule has 0 radical (unpaired) electrons. The van der Waals surface area contributed by atoms with E-state index in [9.17, 15) is 4.79 Å². The molecule has 3 aromatic carbocycles. The fourth-order valence-electron chi connectivity index (χ4n) is 3.26. The highest BCUT2D eigenvalue weighted by molar-refractivity contribution is 5.95. The van der Waals surface area contributed by atoms with Gasteiger partial charge in [0.1, 0.15) is 5.75 Å². The summed E-state index contributed by atoms with van der Waals surface area (Å²) < 4.78 is 12.2. The van der Waals surface area contributed by atoms with Crippen molar-refractivity contribution in [3.63, 3.8) is 0 Å². The summed E-state index contributed by atoms with van der Waals surface area (Å²) in [6.45, 7) is 4.03. The Bertz CT molecular complexity index is 946. The maximum atomic E-state index is 12.5. The van der Waals surface area contributed by atoms with E-state index in [-0.39, 0.29) is 5.97 Å². The Hall–Kier alpha value is -3.07. The van der Waals surface area contributed by atoms with Crippen LogP contribution in [-0.2, 0) is 10.5 Å². The second-order valence-electron chi connectivity index (χ2n) is 6.29. The molecular formula is C22H18O3. The zero-order valence-electron chi connectivity index (χ0n) is 14.2. The summed E-state index contributed by atoms with van der Waals surface area (Å²) in [5.41, 5.74) is 4.20. The Morgan fingerprint density at radius 2 is 1.60 bits per heavy atom. The van der Waals surface area contributed by atoms with Crippen molar-refractivity contribution < 1.29 is 14.3 Å². The van der Waals surface area contributed by atoms with Crippen molar-refractivity contribution in [1.29, 1.82) is 0 Å². The smallest absolute Gasteiger partial charge is 0.342 e. The van der Waals surface area contributed by atoms with Gasteiger partial charge in [0.15, 0.2) is 0 Å². The summed E-state index contributed by atoms with van der Waals surface area (Å²) >= 11 is 0. The van der Waals surface area contributed by atoms with Gasteiger partial charge in [-0.05, 0) is 37.6 Å². The first-order valence-corrected chi connectivity index (χ1v) is 8.25. The van der Waals surface area contributed by atoms with Gasteiger partial charge in [0.2, 0.25) is 0 Å². The molecule has 1 aliphatic heterocycles. The first-order valence-electron chi connectivity index (χ1n) is 8.25. The van der Waals surface area contributed by atoms with Gasteiger partial charge in [0.25, 0.3) is 0 Å². The van der Waals surface area contributed by atoms with Gasteiger partial charge < -0.3 is 9.47 Å². The van der Waals surface area contributed by atoms with E-state index in [4.69, 9.17) is 9.47 Å². The molecule has 25 heavy (non-hydrogen) atoms. The van der Waals surface area contributed by atoms with E-state index in [0.29, 0.717) is 11.3 Å².